The maximum atomic E-state index is 12.2. The predicted molar refractivity (Wildman–Crippen MR) is 88.8 cm³/mol. The third-order valence-electron chi connectivity index (χ3n) is 3.12. The summed E-state index contributed by atoms with van der Waals surface area (Å²) in [4.78, 5) is 12.6. The van der Waals surface area contributed by atoms with Crippen LogP contribution in [-0.4, -0.2) is 30.3 Å². The van der Waals surface area contributed by atoms with Crippen LogP contribution in [0.3, 0.4) is 0 Å². The third-order valence-corrected chi connectivity index (χ3v) is 5.72. The maximum Gasteiger partial charge on any atom is 0.322 e. The Morgan fingerprint density at radius 1 is 1.12 bits per heavy atom. The second-order valence-corrected chi connectivity index (χ2v) is 7.87. The van der Waals surface area contributed by atoms with Gasteiger partial charge in [-0.2, -0.15) is 0 Å². The van der Waals surface area contributed by atoms with Gasteiger partial charge in [0.25, 0.3) is 5.91 Å². The Bertz CT molecular complexity index is 919. The fraction of sp³-hybridized carbons (Fsp3) is 0.133. The number of nitrogens with one attached hydrogen (secondary N) is 1. The summed E-state index contributed by atoms with van der Waals surface area (Å²) in [6.07, 6.45) is 0.0686. The molecule has 0 atom stereocenters. The summed E-state index contributed by atoms with van der Waals surface area (Å²) >= 11 is 1.29. The summed E-state index contributed by atoms with van der Waals surface area (Å²) < 4.78 is 29.6. The highest BCUT2D eigenvalue weighted by molar-refractivity contribution is 7.91. The first kappa shape index (κ1) is 16.3. The quantitative estimate of drug-likeness (QED) is 0.721. The molecule has 7 nitrogen and oxygen atoms in total. The number of benzene rings is 1. The van der Waals surface area contributed by atoms with Crippen LogP contribution in [0.1, 0.15) is 15.6 Å². The number of anilines is 1. The minimum atomic E-state index is -3.42. The van der Waals surface area contributed by atoms with Gasteiger partial charge in [-0.05, 0) is 23.6 Å². The summed E-state index contributed by atoms with van der Waals surface area (Å²) in [7, 11) is -3.42. The van der Waals surface area contributed by atoms with Crippen LogP contribution in [0.5, 0.6) is 0 Å². The van der Waals surface area contributed by atoms with E-state index in [1.165, 1.54) is 23.5 Å². The van der Waals surface area contributed by atoms with E-state index in [0.29, 0.717) is 4.88 Å². The SMILES string of the molecule is O=C(Nc1nnc(CCS(=O)(=O)c2ccccc2)o1)c1cccs1. The van der Waals surface area contributed by atoms with E-state index in [9.17, 15) is 13.2 Å². The summed E-state index contributed by atoms with van der Waals surface area (Å²) in [5.41, 5.74) is 0. The maximum absolute atomic E-state index is 12.2. The Morgan fingerprint density at radius 3 is 2.62 bits per heavy atom. The Morgan fingerprint density at radius 2 is 1.92 bits per heavy atom. The van der Waals surface area contributed by atoms with Gasteiger partial charge in [0, 0.05) is 6.42 Å². The molecule has 9 heteroatoms. The molecule has 2 aromatic heterocycles. The van der Waals surface area contributed by atoms with Crippen LogP contribution in [0.2, 0.25) is 0 Å². The molecule has 0 aliphatic rings. The van der Waals surface area contributed by atoms with Crippen LogP contribution < -0.4 is 5.32 Å². The number of aryl methyl sites for hydroxylation is 1. The number of sulfone groups is 1. The molecular formula is C15H13N3O4S2. The fourth-order valence-electron chi connectivity index (χ4n) is 1.94. The number of rotatable bonds is 6. The molecule has 124 valence electrons. The van der Waals surface area contributed by atoms with Crippen molar-refractivity contribution in [1.82, 2.24) is 10.2 Å². The average Bonchev–Trinajstić information content (AvgIpc) is 3.26. The Kier molecular flexibility index (Phi) is 4.72. The van der Waals surface area contributed by atoms with Crippen molar-refractivity contribution in [1.29, 1.82) is 0 Å². The van der Waals surface area contributed by atoms with Crippen molar-refractivity contribution in [2.75, 3.05) is 11.1 Å². The topological polar surface area (TPSA) is 102 Å². The lowest BCUT2D eigenvalue weighted by molar-refractivity contribution is 0.102. The number of hydrogen-bond acceptors (Lipinski definition) is 7. The molecule has 2 heterocycles. The molecule has 3 rings (SSSR count). The van der Waals surface area contributed by atoms with Gasteiger partial charge in [0.15, 0.2) is 9.84 Å². The molecule has 1 aromatic carbocycles. The van der Waals surface area contributed by atoms with Gasteiger partial charge in [0.2, 0.25) is 5.89 Å². The third kappa shape index (κ3) is 3.87. The zero-order chi connectivity index (χ0) is 17.0. The molecule has 1 amide bonds. The number of carbonyl (C=O) groups excluding carboxylic acids is 1. The van der Waals surface area contributed by atoms with Crippen LogP contribution >= 0.6 is 11.3 Å². The van der Waals surface area contributed by atoms with Crippen molar-refractivity contribution in [3.8, 4) is 0 Å². The summed E-state index contributed by atoms with van der Waals surface area (Å²) in [5, 5.41) is 11.7. The zero-order valence-corrected chi connectivity index (χ0v) is 14.0. The second-order valence-electron chi connectivity index (χ2n) is 4.81. The van der Waals surface area contributed by atoms with Crippen molar-refractivity contribution in [2.24, 2.45) is 0 Å². The predicted octanol–water partition coefficient (Wildman–Crippen LogP) is 2.40. The van der Waals surface area contributed by atoms with Crippen LogP contribution in [-0.2, 0) is 16.3 Å². The smallest absolute Gasteiger partial charge is 0.322 e. The van der Waals surface area contributed by atoms with Gasteiger partial charge in [-0.15, -0.1) is 16.4 Å². The van der Waals surface area contributed by atoms with Gasteiger partial charge in [0.05, 0.1) is 15.5 Å². The van der Waals surface area contributed by atoms with Crippen molar-refractivity contribution >= 4 is 33.1 Å². The molecule has 0 aliphatic heterocycles. The van der Waals surface area contributed by atoms with Crippen LogP contribution in [0.4, 0.5) is 6.01 Å². The van der Waals surface area contributed by atoms with E-state index in [2.05, 4.69) is 15.5 Å². The van der Waals surface area contributed by atoms with Gasteiger partial charge >= 0.3 is 6.01 Å². The lowest BCUT2D eigenvalue weighted by Crippen LogP contribution is -2.10. The Labute approximate surface area is 142 Å². The average molecular weight is 363 g/mol. The van der Waals surface area contributed by atoms with E-state index in [4.69, 9.17) is 4.42 Å². The largest absolute Gasteiger partial charge is 0.408 e. The fourth-order valence-corrected chi connectivity index (χ4v) is 3.81. The first-order valence-electron chi connectivity index (χ1n) is 7.00. The van der Waals surface area contributed by atoms with Crippen LogP contribution in [0.25, 0.3) is 0 Å². The van der Waals surface area contributed by atoms with E-state index in [0.717, 1.165) is 0 Å². The molecule has 0 saturated heterocycles. The van der Waals surface area contributed by atoms with Gasteiger partial charge in [-0.1, -0.05) is 29.4 Å². The van der Waals surface area contributed by atoms with Gasteiger partial charge in [0.1, 0.15) is 0 Å². The van der Waals surface area contributed by atoms with E-state index in [1.54, 1.807) is 35.7 Å². The number of hydrogen-bond donors (Lipinski definition) is 1. The van der Waals surface area contributed by atoms with Gasteiger partial charge in [-0.25, -0.2) is 8.42 Å². The molecule has 0 spiro atoms. The summed E-state index contributed by atoms with van der Waals surface area (Å²) in [6.45, 7) is 0. The Balaban J connectivity index is 1.61. The van der Waals surface area contributed by atoms with Crippen molar-refractivity contribution < 1.29 is 17.6 Å². The molecule has 1 N–H and O–H groups in total. The van der Waals surface area contributed by atoms with Crippen molar-refractivity contribution in [2.45, 2.75) is 11.3 Å². The number of carbonyl (C=O) groups is 1. The van der Waals surface area contributed by atoms with Crippen molar-refractivity contribution in [3.05, 3.63) is 58.6 Å². The molecule has 0 radical (unpaired) electrons. The molecule has 24 heavy (non-hydrogen) atoms. The van der Waals surface area contributed by atoms with Crippen LogP contribution in [0, 0.1) is 0 Å². The minimum absolute atomic E-state index is 0.0551. The Hall–Kier alpha value is -2.52. The normalized spacial score (nSPS) is 11.3. The van der Waals surface area contributed by atoms with E-state index in [-0.39, 0.29) is 34.9 Å². The lowest BCUT2D eigenvalue weighted by Gasteiger charge is -2.01. The molecule has 0 saturated carbocycles. The monoisotopic (exact) mass is 363 g/mol. The highest BCUT2D eigenvalue weighted by Gasteiger charge is 2.17. The number of thiophene rings is 1. The van der Waals surface area contributed by atoms with Gasteiger partial charge in [-0.3, -0.25) is 10.1 Å². The minimum Gasteiger partial charge on any atom is -0.408 e. The lowest BCUT2D eigenvalue weighted by atomic mass is 10.4. The molecule has 0 unspecified atom stereocenters. The standard InChI is InChI=1S/C15H13N3O4S2/c19-14(12-7-4-9-23-12)16-15-18-17-13(22-15)8-10-24(20,21)11-5-2-1-3-6-11/h1-7,9H,8,10H2,(H,16,18,19). The van der Waals surface area contributed by atoms with Gasteiger partial charge < -0.3 is 4.42 Å². The highest BCUT2D eigenvalue weighted by Crippen LogP contribution is 2.15. The van der Waals surface area contributed by atoms with Crippen LogP contribution in [0.15, 0.2) is 57.2 Å². The number of nitrogens with zero attached hydrogens (tertiary/aromatic N) is 2. The molecule has 0 aliphatic carbocycles. The highest BCUT2D eigenvalue weighted by atomic mass is 32.2. The molecule has 3 aromatic rings. The molecule has 0 fully saturated rings. The van der Waals surface area contributed by atoms with E-state index >= 15 is 0 Å². The van der Waals surface area contributed by atoms with Crippen molar-refractivity contribution in [3.63, 3.8) is 0 Å². The molecular weight excluding hydrogens is 350 g/mol. The zero-order valence-electron chi connectivity index (χ0n) is 12.4. The summed E-state index contributed by atoms with van der Waals surface area (Å²) in [6, 6.07) is 11.5. The first-order valence-corrected chi connectivity index (χ1v) is 9.53. The molecule has 0 bridgehead atoms. The number of amides is 1. The van der Waals surface area contributed by atoms with E-state index in [1.807, 2.05) is 0 Å². The second kappa shape index (κ2) is 6.93. The van der Waals surface area contributed by atoms with E-state index < -0.39 is 9.84 Å². The summed E-state index contributed by atoms with van der Waals surface area (Å²) in [5.74, 6) is -0.356. The first-order chi connectivity index (χ1) is 11.5. The number of aromatic nitrogens is 2.